The molecule has 0 aliphatic rings. The van der Waals surface area contributed by atoms with Crippen molar-refractivity contribution in [3.63, 3.8) is 0 Å². The minimum Gasteiger partial charge on any atom is -0.396 e. The lowest BCUT2D eigenvalue weighted by Crippen LogP contribution is -2.34. The van der Waals surface area contributed by atoms with Crippen LogP contribution in [0.1, 0.15) is 25.8 Å². The van der Waals surface area contributed by atoms with E-state index in [1.54, 1.807) is 4.68 Å². The summed E-state index contributed by atoms with van der Waals surface area (Å²) in [5.41, 5.74) is 1.16. The van der Waals surface area contributed by atoms with Crippen LogP contribution in [0.25, 0.3) is 0 Å². The Morgan fingerprint density at radius 1 is 1.60 bits per heavy atom. The molecule has 0 amide bonds. The molecule has 1 rings (SSSR count). The molecule has 0 aliphatic heterocycles. The van der Waals surface area contributed by atoms with Gasteiger partial charge in [-0.3, -0.25) is 4.68 Å². The van der Waals surface area contributed by atoms with Crippen molar-refractivity contribution in [3.8, 4) is 0 Å². The van der Waals surface area contributed by atoms with E-state index >= 15 is 0 Å². The van der Waals surface area contributed by atoms with Crippen LogP contribution in [-0.4, -0.2) is 28.0 Å². The first-order valence-electron chi connectivity index (χ1n) is 5.39. The Morgan fingerprint density at radius 2 is 2.33 bits per heavy atom. The molecule has 0 bridgehead atoms. The highest BCUT2D eigenvalue weighted by atomic mass is 16.3. The lowest BCUT2D eigenvalue weighted by molar-refractivity contribution is 0.135. The maximum Gasteiger partial charge on any atom is 0.0534 e. The molecular formula is C11H21N3O. The van der Waals surface area contributed by atoms with E-state index < -0.39 is 0 Å². The number of nitrogens with zero attached hydrogens (tertiary/aromatic N) is 2. The molecule has 1 unspecified atom stereocenters. The van der Waals surface area contributed by atoms with Gasteiger partial charge in [-0.2, -0.15) is 5.10 Å². The summed E-state index contributed by atoms with van der Waals surface area (Å²) in [5, 5.41) is 16.7. The Morgan fingerprint density at radius 3 is 2.80 bits per heavy atom. The summed E-state index contributed by atoms with van der Waals surface area (Å²) < 4.78 is 1.79. The zero-order chi connectivity index (χ0) is 11.3. The van der Waals surface area contributed by atoms with Gasteiger partial charge in [0.15, 0.2) is 0 Å². The van der Waals surface area contributed by atoms with Gasteiger partial charge in [0, 0.05) is 43.9 Å². The van der Waals surface area contributed by atoms with E-state index in [0.29, 0.717) is 0 Å². The molecule has 0 saturated carbocycles. The largest absolute Gasteiger partial charge is 0.396 e. The average molecular weight is 211 g/mol. The Bertz CT molecular complexity index is 292. The highest BCUT2D eigenvalue weighted by Crippen LogP contribution is 2.18. The van der Waals surface area contributed by atoms with Gasteiger partial charge < -0.3 is 10.4 Å². The van der Waals surface area contributed by atoms with Crippen molar-refractivity contribution in [2.75, 3.05) is 13.2 Å². The molecule has 15 heavy (non-hydrogen) atoms. The van der Waals surface area contributed by atoms with E-state index in [9.17, 15) is 5.11 Å². The van der Waals surface area contributed by atoms with Crippen LogP contribution in [0.3, 0.4) is 0 Å². The van der Waals surface area contributed by atoms with Crippen molar-refractivity contribution >= 4 is 0 Å². The van der Waals surface area contributed by atoms with Gasteiger partial charge in [-0.25, -0.2) is 0 Å². The highest BCUT2D eigenvalue weighted by Gasteiger charge is 2.19. The van der Waals surface area contributed by atoms with Gasteiger partial charge in [0.05, 0.1) is 6.20 Å². The predicted molar refractivity (Wildman–Crippen MR) is 60.4 cm³/mol. The zero-order valence-corrected chi connectivity index (χ0v) is 9.82. The minimum atomic E-state index is -0.0117. The number of nitrogens with one attached hydrogen (secondary N) is 1. The van der Waals surface area contributed by atoms with Crippen LogP contribution in [0.5, 0.6) is 0 Å². The molecule has 0 fully saturated rings. The molecule has 86 valence electrons. The second-order valence-corrected chi connectivity index (χ2v) is 4.45. The van der Waals surface area contributed by atoms with Crippen LogP contribution in [-0.2, 0) is 13.6 Å². The van der Waals surface area contributed by atoms with Crippen LogP contribution >= 0.6 is 0 Å². The maximum absolute atomic E-state index is 9.23. The van der Waals surface area contributed by atoms with Gasteiger partial charge in [0.2, 0.25) is 0 Å². The molecule has 2 N–H and O–H groups in total. The molecule has 1 heterocycles. The topological polar surface area (TPSA) is 50.1 Å². The number of aliphatic hydroxyl groups is 1. The SMILES string of the molecule is CCC(C)(CO)CNCc1cnn(C)c1. The summed E-state index contributed by atoms with van der Waals surface area (Å²) in [4.78, 5) is 0. The second-order valence-electron chi connectivity index (χ2n) is 4.45. The molecule has 0 spiro atoms. The first-order chi connectivity index (χ1) is 7.09. The van der Waals surface area contributed by atoms with Crippen LogP contribution in [0, 0.1) is 5.41 Å². The van der Waals surface area contributed by atoms with E-state index in [1.807, 2.05) is 19.4 Å². The number of aliphatic hydroxyl groups excluding tert-OH is 1. The van der Waals surface area contributed by atoms with Crippen molar-refractivity contribution in [3.05, 3.63) is 18.0 Å². The van der Waals surface area contributed by atoms with E-state index in [0.717, 1.165) is 19.5 Å². The van der Waals surface area contributed by atoms with E-state index in [2.05, 4.69) is 24.3 Å². The van der Waals surface area contributed by atoms with Gasteiger partial charge >= 0.3 is 0 Å². The van der Waals surface area contributed by atoms with Gasteiger partial charge in [-0.15, -0.1) is 0 Å². The van der Waals surface area contributed by atoms with Crippen molar-refractivity contribution < 1.29 is 5.11 Å². The fourth-order valence-electron chi connectivity index (χ4n) is 1.36. The van der Waals surface area contributed by atoms with E-state index in [1.165, 1.54) is 5.56 Å². The molecule has 0 radical (unpaired) electrons. The fourth-order valence-corrected chi connectivity index (χ4v) is 1.36. The quantitative estimate of drug-likeness (QED) is 0.735. The molecule has 0 saturated heterocycles. The summed E-state index contributed by atoms with van der Waals surface area (Å²) in [7, 11) is 1.91. The third kappa shape index (κ3) is 3.64. The highest BCUT2D eigenvalue weighted by molar-refractivity contribution is 5.02. The molecule has 4 heteroatoms. The van der Waals surface area contributed by atoms with Gasteiger partial charge in [-0.1, -0.05) is 13.8 Å². The summed E-state index contributed by atoms with van der Waals surface area (Å²) in [6, 6.07) is 0. The number of rotatable bonds is 6. The lowest BCUT2D eigenvalue weighted by atomic mass is 9.88. The monoisotopic (exact) mass is 211 g/mol. The molecule has 1 aromatic heterocycles. The Balaban J connectivity index is 2.32. The number of hydrogen-bond donors (Lipinski definition) is 2. The van der Waals surface area contributed by atoms with Gasteiger partial charge in [-0.05, 0) is 6.42 Å². The minimum absolute atomic E-state index is 0.0117. The molecule has 0 aromatic carbocycles. The molecule has 1 atom stereocenters. The zero-order valence-electron chi connectivity index (χ0n) is 9.82. The van der Waals surface area contributed by atoms with Crippen LogP contribution < -0.4 is 5.32 Å². The Labute approximate surface area is 91.3 Å². The van der Waals surface area contributed by atoms with Crippen molar-refractivity contribution in [1.29, 1.82) is 0 Å². The number of hydrogen-bond acceptors (Lipinski definition) is 3. The third-order valence-corrected chi connectivity index (χ3v) is 2.87. The standard InChI is InChI=1S/C11H21N3O/c1-4-11(2,9-15)8-12-5-10-6-13-14(3)7-10/h6-7,12,15H,4-5,8-9H2,1-3H3. The Hall–Kier alpha value is -0.870. The van der Waals surface area contributed by atoms with Crippen molar-refractivity contribution in [1.82, 2.24) is 15.1 Å². The summed E-state index contributed by atoms with van der Waals surface area (Å²) >= 11 is 0. The fraction of sp³-hybridized carbons (Fsp3) is 0.727. The average Bonchev–Trinajstić information content (AvgIpc) is 2.64. The maximum atomic E-state index is 9.23. The number of aromatic nitrogens is 2. The smallest absolute Gasteiger partial charge is 0.0534 e. The molecular weight excluding hydrogens is 190 g/mol. The van der Waals surface area contributed by atoms with Gasteiger partial charge in [0.25, 0.3) is 0 Å². The van der Waals surface area contributed by atoms with Crippen LogP contribution in [0.2, 0.25) is 0 Å². The summed E-state index contributed by atoms with van der Waals surface area (Å²) in [5.74, 6) is 0. The van der Waals surface area contributed by atoms with E-state index in [-0.39, 0.29) is 12.0 Å². The van der Waals surface area contributed by atoms with Crippen LogP contribution in [0.4, 0.5) is 0 Å². The number of aryl methyl sites for hydroxylation is 1. The van der Waals surface area contributed by atoms with E-state index in [4.69, 9.17) is 0 Å². The second kappa shape index (κ2) is 5.28. The summed E-state index contributed by atoms with van der Waals surface area (Å²) in [6.07, 6.45) is 4.83. The first kappa shape index (κ1) is 12.2. The normalized spacial score (nSPS) is 15.2. The first-order valence-corrected chi connectivity index (χ1v) is 5.39. The summed E-state index contributed by atoms with van der Waals surface area (Å²) in [6.45, 7) is 6.05. The van der Waals surface area contributed by atoms with Crippen LogP contribution in [0.15, 0.2) is 12.4 Å². The van der Waals surface area contributed by atoms with Crippen molar-refractivity contribution in [2.45, 2.75) is 26.8 Å². The molecule has 1 aromatic rings. The van der Waals surface area contributed by atoms with Crippen molar-refractivity contribution in [2.24, 2.45) is 12.5 Å². The molecule has 0 aliphatic carbocycles. The molecule has 4 nitrogen and oxygen atoms in total. The third-order valence-electron chi connectivity index (χ3n) is 2.87. The Kier molecular flexibility index (Phi) is 4.29. The predicted octanol–water partition coefficient (Wildman–Crippen LogP) is 0.918. The van der Waals surface area contributed by atoms with Gasteiger partial charge in [0.1, 0.15) is 0 Å². The lowest BCUT2D eigenvalue weighted by Gasteiger charge is -2.25.